The minimum atomic E-state index is -0.306. The van der Waals surface area contributed by atoms with Gasteiger partial charge in [0.25, 0.3) is 0 Å². The Morgan fingerprint density at radius 3 is 2.76 bits per heavy atom. The Morgan fingerprint density at radius 1 is 1.16 bits per heavy atom. The van der Waals surface area contributed by atoms with Crippen molar-refractivity contribution in [1.29, 1.82) is 0 Å². The molecule has 0 amide bonds. The van der Waals surface area contributed by atoms with Gasteiger partial charge in [-0.05, 0) is 30.7 Å². The van der Waals surface area contributed by atoms with E-state index in [1.54, 1.807) is 18.2 Å². The van der Waals surface area contributed by atoms with Crippen LogP contribution in [0.5, 0.6) is 0 Å². The molecule has 2 aromatic carbocycles. The van der Waals surface area contributed by atoms with E-state index in [2.05, 4.69) is 9.88 Å². The van der Waals surface area contributed by atoms with Gasteiger partial charge in [-0.1, -0.05) is 24.3 Å². The predicted octanol–water partition coefficient (Wildman–Crippen LogP) is 3.44. The minimum Gasteiger partial charge on any atom is -0.396 e. The lowest BCUT2D eigenvalue weighted by Gasteiger charge is -2.19. The highest BCUT2D eigenvalue weighted by atomic mass is 19.1. The maximum atomic E-state index is 14.1. The fraction of sp³-hybridized carbons (Fsp3) is 0.250. The molecule has 1 unspecified atom stereocenters. The third kappa shape index (κ3) is 2.91. The summed E-state index contributed by atoms with van der Waals surface area (Å²) in [6, 6.07) is 14.5. The van der Waals surface area contributed by atoms with Crippen molar-refractivity contribution in [3.05, 3.63) is 54.3 Å². The van der Waals surface area contributed by atoms with E-state index in [1.165, 1.54) is 6.07 Å². The first-order valence-corrected chi connectivity index (χ1v) is 8.46. The number of rotatable bonds is 3. The fourth-order valence-corrected chi connectivity index (χ4v) is 3.48. The van der Waals surface area contributed by atoms with Crippen LogP contribution in [-0.2, 0) is 0 Å². The summed E-state index contributed by atoms with van der Waals surface area (Å²) < 4.78 is 14.1. The molecule has 4 nitrogen and oxygen atoms in total. The number of aliphatic hydroxyl groups excluding tert-OH is 1. The second-order valence-electron chi connectivity index (χ2n) is 6.56. The molecule has 0 aliphatic carbocycles. The largest absolute Gasteiger partial charge is 0.396 e. The van der Waals surface area contributed by atoms with Gasteiger partial charge < -0.3 is 15.7 Å². The number of nitrogens with zero attached hydrogens (tertiary/aromatic N) is 2. The Balaban J connectivity index is 1.73. The Bertz CT molecular complexity index is 928. The average molecular weight is 337 g/mol. The van der Waals surface area contributed by atoms with Crippen LogP contribution in [0.3, 0.4) is 0 Å². The van der Waals surface area contributed by atoms with E-state index in [-0.39, 0.29) is 12.4 Å². The molecule has 1 aliphatic heterocycles. The number of hydrogen-bond acceptors (Lipinski definition) is 4. The summed E-state index contributed by atoms with van der Waals surface area (Å²) in [5.41, 5.74) is 9.05. The quantitative estimate of drug-likeness (QED) is 0.768. The number of aliphatic hydroxyl groups is 1. The number of nitrogens with two attached hydrogens (primary N) is 1. The summed E-state index contributed by atoms with van der Waals surface area (Å²) in [6.45, 7) is 2.01. The topological polar surface area (TPSA) is 62.4 Å². The standard InChI is InChI=1S/C20H20FN3O/c21-18-4-2-1-3-16(18)17-9-14-5-6-15(10-19(14)23-20(17)22)24-8-7-13(11-24)12-25/h1-6,9-10,13,25H,7-8,11-12H2,(H2,22,23). The first-order valence-electron chi connectivity index (χ1n) is 8.46. The molecule has 3 N–H and O–H groups in total. The maximum Gasteiger partial charge on any atom is 0.132 e. The number of halogens is 1. The van der Waals surface area contributed by atoms with Gasteiger partial charge in [0.15, 0.2) is 0 Å². The first-order chi connectivity index (χ1) is 12.2. The maximum absolute atomic E-state index is 14.1. The van der Waals surface area contributed by atoms with Crippen LogP contribution < -0.4 is 10.6 Å². The highest BCUT2D eigenvalue weighted by molar-refractivity contribution is 5.90. The molecule has 0 saturated carbocycles. The van der Waals surface area contributed by atoms with Crippen LogP contribution in [0.4, 0.5) is 15.9 Å². The van der Waals surface area contributed by atoms with Crippen molar-refractivity contribution < 1.29 is 9.50 Å². The van der Waals surface area contributed by atoms with Crippen molar-refractivity contribution >= 4 is 22.4 Å². The molecule has 2 heterocycles. The number of pyridine rings is 1. The van der Waals surface area contributed by atoms with E-state index in [9.17, 15) is 9.50 Å². The molecule has 25 heavy (non-hydrogen) atoms. The molecule has 1 saturated heterocycles. The molecule has 1 fully saturated rings. The zero-order valence-corrected chi connectivity index (χ0v) is 13.8. The third-order valence-electron chi connectivity index (χ3n) is 4.90. The van der Waals surface area contributed by atoms with Crippen molar-refractivity contribution in [2.75, 3.05) is 30.3 Å². The number of aromatic nitrogens is 1. The summed E-state index contributed by atoms with van der Waals surface area (Å²) in [7, 11) is 0. The molecular weight excluding hydrogens is 317 g/mol. The van der Waals surface area contributed by atoms with Gasteiger partial charge in [0.2, 0.25) is 0 Å². The lowest BCUT2D eigenvalue weighted by atomic mass is 10.0. The monoisotopic (exact) mass is 337 g/mol. The van der Waals surface area contributed by atoms with Crippen LogP contribution >= 0.6 is 0 Å². The van der Waals surface area contributed by atoms with Gasteiger partial charge in [-0.15, -0.1) is 0 Å². The zero-order valence-electron chi connectivity index (χ0n) is 13.8. The second-order valence-corrected chi connectivity index (χ2v) is 6.56. The Kier molecular flexibility index (Phi) is 4.01. The number of hydrogen-bond donors (Lipinski definition) is 2. The molecule has 128 valence electrons. The van der Waals surface area contributed by atoms with Crippen molar-refractivity contribution in [3.63, 3.8) is 0 Å². The van der Waals surface area contributed by atoms with Crippen molar-refractivity contribution in [2.45, 2.75) is 6.42 Å². The number of benzene rings is 2. The molecule has 1 aromatic heterocycles. The van der Waals surface area contributed by atoms with E-state index < -0.39 is 0 Å². The highest BCUT2D eigenvalue weighted by Gasteiger charge is 2.22. The van der Waals surface area contributed by atoms with E-state index in [1.807, 2.05) is 24.3 Å². The molecule has 0 bridgehead atoms. The normalized spacial score (nSPS) is 17.4. The van der Waals surface area contributed by atoms with Gasteiger partial charge >= 0.3 is 0 Å². The molecule has 0 radical (unpaired) electrons. The Morgan fingerprint density at radius 2 is 2.00 bits per heavy atom. The number of nitrogen functional groups attached to an aromatic ring is 1. The van der Waals surface area contributed by atoms with E-state index >= 15 is 0 Å². The van der Waals surface area contributed by atoms with Gasteiger partial charge in [0.05, 0.1) is 5.52 Å². The molecule has 1 atom stereocenters. The average Bonchev–Trinajstić information content (AvgIpc) is 3.10. The molecule has 3 aromatic rings. The second kappa shape index (κ2) is 6.33. The van der Waals surface area contributed by atoms with Crippen LogP contribution in [0.2, 0.25) is 0 Å². The smallest absolute Gasteiger partial charge is 0.132 e. The molecule has 1 aliphatic rings. The van der Waals surface area contributed by atoms with Crippen LogP contribution in [0, 0.1) is 11.7 Å². The molecule has 4 rings (SSSR count). The van der Waals surface area contributed by atoms with Crippen LogP contribution in [0.1, 0.15) is 6.42 Å². The van der Waals surface area contributed by atoms with Gasteiger partial charge in [-0.2, -0.15) is 0 Å². The molecule has 5 heteroatoms. The lowest BCUT2D eigenvalue weighted by molar-refractivity contribution is 0.238. The van der Waals surface area contributed by atoms with E-state index in [4.69, 9.17) is 5.73 Å². The fourth-order valence-electron chi connectivity index (χ4n) is 3.48. The van der Waals surface area contributed by atoms with Crippen LogP contribution in [0.25, 0.3) is 22.0 Å². The zero-order chi connectivity index (χ0) is 17.4. The van der Waals surface area contributed by atoms with E-state index in [0.29, 0.717) is 22.9 Å². The molecular formula is C20H20FN3O. The number of anilines is 2. The van der Waals surface area contributed by atoms with Crippen LogP contribution in [0.15, 0.2) is 48.5 Å². The predicted molar refractivity (Wildman–Crippen MR) is 99.0 cm³/mol. The van der Waals surface area contributed by atoms with Gasteiger partial charge in [0, 0.05) is 47.8 Å². The van der Waals surface area contributed by atoms with Gasteiger partial charge in [0.1, 0.15) is 11.6 Å². The summed E-state index contributed by atoms with van der Waals surface area (Å²) in [5.74, 6) is 0.348. The van der Waals surface area contributed by atoms with Crippen molar-refractivity contribution in [2.24, 2.45) is 5.92 Å². The van der Waals surface area contributed by atoms with Crippen molar-refractivity contribution in [1.82, 2.24) is 4.98 Å². The highest BCUT2D eigenvalue weighted by Crippen LogP contribution is 2.32. The minimum absolute atomic E-state index is 0.223. The van der Waals surface area contributed by atoms with Gasteiger partial charge in [-0.3, -0.25) is 0 Å². The summed E-state index contributed by atoms with van der Waals surface area (Å²) in [4.78, 5) is 6.75. The lowest BCUT2D eigenvalue weighted by Crippen LogP contribution is -2.20. The van der Waals surface area contributed by atoms with Gasteiger partial charge in [-0.25, -0.2) is 9.37 Å². The molecule has 0 spiro atoms. The Hall–Kier alpha value is -2.66. The summed E-state index contributed by atoms with van der Waals surface area (Å²) in [6.07, 6.45) is 0.996. The Labute approximate surface area is 145 Å². The number of fused-ring (bicyclic) bond motifs is 1. The summed E-state index contributed by atoms with van der Waals surface area (Å²) >= 11 is 0. The van der Waals surface area contributed by atoms with Crippen LogP contribution in [-0.4, -0.2) is 29.8 Å². The third-order valence-corrected chi connectivity index (χ3v) is 4.90. The summed E-state index contributed by atoms with van der Waals surface area (Å²) in [5, 5.41) is 10.2. The van der Waals surface area contributed by atoms with E-state index in [0.717, 1.165) is 36.1 Å². The van der Waals surface area contributed by atoms with Crippen molar-refractivity contribution in [3.8, 4) is 11.1 Å². The first kappa shape index (κ1) is 15.8. The SMILES string of the molecule is Nc1nc2cc(N3CCC(CO)C3)ccc2cc1-c1ccccc1F.